The number of hydrogen-bond donors (Lipinski definition) is 1. The van der Waals surface area contributed by atoms with Gasteiger partial charge in [0.25, 0.3) is 0 Å². The molecule has 0 spiro atoms. The summed E-state index contributed by atoms with van der Waals surface area (Å²) in [5.74, 6) is 0.131. The molecule has 1 N–H and O–H groups in total. The van der Waals surface area contributed by atoms with Crippen molar-refractivity contribution in [1.29, 1.82) is 0 Å². The van der Waals surface area contributed by atoms with Crippen LogP contribution in [0.25, 0.3) is 0 Å². The fourth-order valence-electron chi connectivity index (χ4n) is 2.88. The van der Waals surface area contributed by atoms with E-state index in [1.165, 1.54) is 27.1 Å². The van der Waals surface area contributed by atoms with Gasteiger partial charge in [0, 0.05) is 10.9 Å². The van der Waals surface area contributed by atoms with Crippen LogP contribution in [0.15, 0.2) is 41.3 Å². The van der Waals surface area contributed by atoms with Crippen molar-refractivity contribution >= 4 is 17.7 Å². The number of hydrogen-bond acceptors (Lipinski definition) is 2. The maximum absolute atomic E-state index is 12.9. The van der Waals surface area contributed by atoms with Crippen LogP contribution in [0.5, 0.6) is 0 Å². The van der Waals surface area contributed by atoms with Crippen LogP contribution in [-0.2, 0) is 4.79 Å². The SMILES string of the molecule is Cc1cc(C)c(C)c(SC(C(=O)NC2CC2)c2ccccc2)c1C. The summed E-state index contributed by atoms with van der Waals surface area (Å²) in [6.45, 7) is 8.61. The minimum atomic E-state index is -0.203. The molecule has 1 aliphatic carbocycles. The maximum atomic E-state index is 12.9. The van der Waals surface area contributed by atoms with Crippen LogP contribution in [0.3, 0.4) is 0 Å². The first-order valence-electron chi connectivity index (χ1n) is 8.56. The van der Waals surface area contributed by atoms with Crippen molar-refractivity contribution in [1.82, 2.24) is 5.32 Å². The van der Waals surface area contributed by atoms with E-state index >= 15 is 0 Å². The van der Waals surface area contributed by atoms with Gasteiger partial charge in [0.05, 0.1) is 0 Å². The molecular weight excluding hydrogens is 314 g/mol. The third-order valence-corrected chi connectivity index (χ3v) is 6.37. The molecule has 1 saturated carbocycles. The average Bonchev–Trinajstić information content (AvgIpc) is 3.38. The molecule has 1 amide bonds. The Morgan fingerprint density at radius 1 is 1.04 bits per heavy atom. The summed E-state index contributed by atoms with van der Waals surface area (Å²) in [5.41, 5.74) is 6.20. The highest BCUT2D eigenvalue weighted by Gasteiger charge is 2.29. The maximum Gasteiger partial charge on any atom is 0.238 e. The molecule has 1 fully saturated rings. The van der Waals surface area contributed by atoms with E-state index in [4.69, 9.17) is 0 Å². The van der Waals surface area contributed by atoms with E-state index in [0.717, 1.165) is 18.4 Å². The lowest BCUT2D eigenvalue weighted by molar-refractivity contribution is -0.120. The van der Waals surface area contributed by atoms with Gasteiger partial charge in [-0.15, -0.1) is 11.8 Å². The fraction of sp³-hybridized carbons (Fsp3) is 0.381. The molecule has 0 radical (unpaired) electrons. The van der Waals surface area contributed by atoms with E-state index in [2.05, 4.69) is 51.2 Å². The molecule has 3 heteroatoms. The number of aryl methyl sites for hydroxylation is 2. The molecule has 3 rings (SSSR count). The fourth-order valence-corrected chi connectivity index (χ4v) is 4.26. The predicted octanol–water partition coefficient (Wildman–Crippen LogP) is 5.03. The van der Waals surface area contributed by atoms with Crippen molar-refractivity contribution in [2.24, 2.45) is 0 Å². The van der Waals surface area contributed by atoms with E-state index in [-0.39, 0.29) is 11.2 Å². The smallest absolute Gasteiger partial charge is 0.238 e. The normalized spacial score (nSPS) is 15.2. The summed E-state index contributed by atoms with van der Waals surface area (Å²) in [5, 5.41) is 2.98. The number of thioether (sulfide) groups is 1. The minimum absolute atomic E-state index is 0.131. The number of benzene rings is 2. The predicted molar refractivity (Wildman–Crippen MR) is 102 cm³/mol. The van der Waals surface area contributed by atoms with Gasteiger partial charge in [-0.1, -0.05) is 36.4 Å². The van der Waals surface area contributed by atoms with Crippen molar-refractivity contribution < 1.29 is 4.79 Å². The zero-order chi connectivity index (χ0) is 17.3. The molecule has 0 bridgehead atoms. The Morgan fingerprint density at radius 3 is 2.17 bits per heavy atom. The van der Waals surface area contributed by atoms with Crippen LogP contribution in [-0.4, -0.2) is 11.9 Å². The van der Waals surface area contributed by atoms with Crippen molar-refractivity contribution in [3.8, 4) is 0 Å². The molecule has 1 atom stereocenters. The van der Waals surface area contributed by atoms with Gasteiger partial charge >= 0.3 is 0 Å². The molecule has 2 aromatic rings. The molecule has 2 aromatic carbocycles. The topological polar surface area (TPSA) is 29.1 Å². The number of carbonyl (C=O) groups excluding carboxylic acids is 1. The van der Waals surface area contributed by atoms with Gasteiger partial charge in [-0.2, -0.15) is 0 Å². The van der Waals surface area contributed by atoms with E-state index < -0.39 is 0 Å². The highest BCUT2D eigenvalue weighted by atomic mass is 32.2. The molecule has 0 aliphatic heterocycles. The van der Waals surface area contributed by atoms with Crippen LogP contribution in [0.4, 0.5) is 0 Å². The summed E-state index contributed by atoms with van der Waals surface area (Å²) in [4.78, 5) is 14.1. The summed E-state index contributed by atoms with van der Waals surface area (Å²) in [7, 11) is 0. The molecule has 0 saturated heterocycles. The van der Waals surface area contributed by atoms with E-state index in [0.29, 0.717) is 6.04 Å². The molecule has 2 nitrogen and oxygen atoms in total. The number of amides is 1. The Bertz CT molecular complexity index is 724. The Labute approximate surface area is 149 Å². The lowest BCUT2D eigenvalue weighted by Gasteiger charge is -2.21. The lowest BCUT2D eigenvalue weighted by atomic mass is 10.0. The highest BCUT2D eigenvalue weighted by Crippen LogP contribution is 2.41. The van der Waals surface area contributed by atoms with E-state index in [9.17, 15) is 4.79 Å². The number of nitrogens with one attached hydrogen (secondary N) is 1. The van der Waals surface area contributed by atoms with Gasteiger partial charge in [-0.05, 0) is 68.4 Å². The second-order valence-electron chi connectivity index (χ2n) is 6.78. The van der Waals surface area contributed by atoms with Crippen LogP contribution in [0, 0.1) is 27.7 Å². The van der Waals surface area contributed by atoms with Gasteiger partial charge < -0.3 is 5.32 Å². The monoisotopic (exact) mass is 339 g/mol. The second-order valence-corrected chi connectivity index (χ2v) is 7.90. The summed E-state index contributed by atoms with van der Waals surface area (Å²) >= 11 is 1.69. The van der Waals surface area contributed by atoms with Crippen molar-refractivity contribution in [3.05, 3.63) is 64.2 Å². The molecular formula is C21H25NOS. The van der Waals surface area contributed by atoms with Crippen molar-refractivity contribution in [2.45, 2.75) is 56.7 Å². The van der Waals surface area contributed by atoms with Crippen molar-refractivity contribution in [2.75, 3.05) is 0 Å². The zero-order valence-corrected chi connectivity index (χ0v) is 15.7. The Morgan fingerprint density at radius 2 is 1.62 bits per heavy atom. The van der Waals surface area contributed by atoms with Crippen LogP contribution >= 0.6 is 11.8 Å². The first-order chi connectivity index (χ1) is 11.5. The third kappa shape index (κ3) is 3.67. The Hall–Kier alpha value is -1.74. The first kappa shape index (κ1) is 17.1. The minimum Gasteiger partial charge on any atom is -0.352 e. The highest BCUT2D eigenvalue weighted by molar-refractivity contribution is 8.00. The molecule has 1 unspecified atom stereocenters. The van der Waals surface area contributed by atoms with Gasteiger partial charge in [0.1, 0.15) is 5.25 Å². The quantitative estimate of drug-likeness (QED) is 0.774. The molecule has 126 valence electrons. The Balaban J connectivity index is 1.96. The standard InChI is InChI=1S/C21H25NOS/c1-13-12-14(2)16(4)19(15(13)3)24-20(17-8-6-5-7-9-17)21(23)22-18-10-11-18/h5-9,12,18,20H,10-11H2,1-4H3,(H,22,23). The van der Waals surface area contributed by atoms with Gasteiger partial charge in [0.15, 0.2) is 0 Å². The number of rotatable bonds is 5. The summed E-state index contributed by atoms with van der Waals surface area (Å²) < 4.78 is 0. The van der Waals surface area contributed by atoms with Gasteiger partial charge in [0.2, 0.25) is 5.91 Å². The molecule has 1 aliphatic rings. The third-order valence-electron chi connectivity index (χ3n) is 4.80. The van der Waals surface area contributed by atoms with Crippen LogP contribution < -0.4 is 5.32 Å². The van der Waals surface area contributed by atoms with E-state index in [1.54, 1.807) is 11.8 Å². The van der Waals surface area contributed by atoms with Crippen LogP contribution in [0.2, 0.25) is 0 Å². The second kappa shape index (κ2) is 7.02. The van der Waals surface area contributed by atoms with Gasteiger partial charge in [-0.3, -0.25) is 4.79 Å². The summed E-state index contributed by atoms with van der Waals surface area (Å²) in [6.07, 6.45) is 2.22. The molecule has 0 aromatic heterocycles. The van der Waals surface area contributed by atoms with E-state index in [1.807, 2.05) is 18.2 Å². The van der Waals surface area contributed by atoms with Crippen molar-refractivity contribution in [3.63, 3.8) is 0 Å². The molecule has 24 heavy (non-hydrogen) atoms. The van der Waals surface area contributed by atoms with Crippen LogP contribution in [0.1, 0.15) is 45.9 Å². The lowest BCUT2D eigenvalue weighted by Crippen LogP contribution is -2.29. The molecule has 0 heterocycles. The average molecular weight is 340 g/mol. The Kier molecular flexibility index (Phi) is 5.00. The summed E-state index contributed by atoms with van der Waals surface area (Å²) in [6, 6.07) is 12.7. The zero-order valence-electron chi connectivity index (χ0n) is 14.8. The number of carbonyl (C=O) groups is 1. The van der Waals surface area contributed by atoms with Gasteiger partial charge in [-0.25, -0.2) is 0 Å². The first-order valence-corrected chi connectivity index (χ1v) is 9.44. The largest absolute Gasteiger partial charge is 0.352 e.